The van der Waals surface area contributed by atoms with Gasteiger partial charge in [-0.25, -0.2) is 0 Å². The Kier molecular flexibility index (Phi) is 5.96. The average molecular weight is 448 g/mol. The summed E-state index contributed by atoms with van der Waals surface area (Å²) in [6.07, 6.45) is 5.60. The largest absolute Gasteiger partial charge is 0.372 e. The predicted octanol–water partition coefficient (Wildman–Crippen LogP) is 4.17. The first-order valence-corrected chi connectivity index (χ1v) is 12.4. The smallest absolute Gasteiger partial charge is 0.258 e. The molecule has 33 heavy (non-hydrogen) atoms. The lowest BCUT2D eigenvalue weighted by atomic mass is 9.76. The van der Waals surface area contributed by atoms with Crippen molar-refractivity contribution in [2.75, 3.05) is 41.3 Å². The second kappa shape index (κ2) is 9.04. The molecule has 5 rings (SSSR count). The maximum atomic E-state index is 13.5. The summed E-state index contributed by atoms with van der Waals surface area (Å²) in [4.78, 5) is 38.9. The van der Waals surface area contributed by atoms with Gasteiger partial charge < -0.3 is 15.1 Å². The number of carbonyl (C=O) groups excluding carboxylic acids is 1. The quantitative estimate of drug-likeness (QED) is 0.716. The predicted molar refractivity (Wildman–Crippen MR) is 132 cm³/mol. The molecule has 1 fully saturated rings. The summed E-state index contributed by atoms with van der Waals surface area (Å²) in [5.74, 6) is 0.978. The van der Waals surface area contributed by atoms with E-state index in [1.54, 1.807) is 0 Å². The zero-order valence-electron chi connectivity index (χ0n) is 19.6. The summed E-state index contributed by atoms with van der Waals surface area (Å²) in [6, 6.07) is 8.33. The number of benzene rings is 1. The zero-order chi connectivity index (χ0) is 22.9. The molecule has 1 aromatic heterocycles. The standard InChI is InChI=1S/C26H33N5O2/c1-3-30(4-2)18-13-11-17(12-14-18)21-22-19(9-8-10-20(22)32)27-24-23(21)25(33)29-26(28-24)31-15-6-5-7-16-31/h11-14,21H,3-10,15-16H2,1-2H3,(H2,27,28,29,33)/t21-/m0/s1. The van der Waals surface area contributed by atoms with Gasteiger partial charge in [0, 0.05) is 55.5 Å². The minimum atomic E-state index is -0.388. The Morgan fingerprint density at radius 2 is 1.73 bits per heavy atom. The van der Waals surface area contributed by atoms with Crippen molar-refractivity contribution < 1.29 is 4.79 Å². The second-order valence-corrected chi connectivity index (χ2v) is 9.19. The van der Waals surface area contributed by atoms with Crippen molar-refractivity contribution in [1.29, 1.82) is 0 Å². The van der Waals surface area contributed by atoms with E-state index in [1.165, 1.54) is 6.42 Å². The number of hydrogen-bond acceptors (Lipinski definition) is 6. The third-order valence-corrected chi connectivity index (χ3v) is 7.26. The lowest BCUT2D eigenvalue weighted by molar-refractivity contribution is -0.116. The topological polar surface area (TPSA) is 81.3 Å². The van der Waals surface area contributed by atoms with Crippen molar-refractivity contribution in [3.8, 4) is 0 Å². The van der Waals surface area contributed by atoms with E-state index in [4.69, 9.17) is 4.98 Å². The fraction of sp³-hybridized carbons (Fsp3) is 0.500. The monoisotopic (exact) mass is 447 g/mol. The molecule has 1 aromatic carbocycles. The van der Waals surface area contributed by atoms with E-state index in [-0.39, 0.29) is 17.3 Å². The molecular formula is C26H33N5O2. The molecule has 7 nitrogen and oxygen atoms in total. The number of ketones is 1. The van der Waals surface area contributed by atoms with Crippen LogP contribution < -0.4 is 20.7 Å². The number of nitrogens with zero attached hydrogens (tertiary/aromatic N) is 3. The molecule has 2 aliphatic heterocycles. The average Bonchev–Trinajstić information content (AvgIpc) is 2.85. The fourth-order valence-electron chi connectivity index (χ4n) is 5.50. The second-order valence-electron chi connectivity index (χ2n) is 9.19. The molecule has 0 saturated carbocycles. The minimum absolute atomic E-state index is 0.131. The molecule has 0 radical (unpaired) electrons. The first-order valence-electron chi connectivity index (χ1n) is 12.4. The fourth-order valence-corrected chi connectivity index (χ4v) is 5.50. The number of carbonyl (C=O) groups is 1. The van der Waals surface area contributed by atoms with Gasteiger partial charge in [0.15, 0.2) is 5.78 Å². The molecule has 1 saturated heterocycles. The van der Waals surface area contributed by atoms with Gasteiger partial charge in [0.25, 0.3) is 5.56 Å². The highest BCUT2D eigenvalue weighted by molar-refractivity contribution is 6.00. The Hall–Kier alpha value is -3.09. The summed E-state index contributed by atoms with van der Waals surface area (Å²) in [7, 11) is 0. The Bertz CT molecular complexity index is 1120. The number of Topliss-reactive ketones (excluding diaryl/α,β-unsaturated/α-hetero) is 1. The lowest BCUT2D eigenvalue weighted by Gasteiger charge is -2.34. The van der Waals surface area contributed by atoms with E-state index in [9.17, 15) is 9.59 Å². The number of aromatic nitrogens is 2. The van der Waals surface area contributed by atoms with Crippen LogP contribution in [0.1, 0.15) is 69.4 Å². The summed E-state index contributed by atoms with van der Waals surface area (Å²) >= 11 is 0. The summed E-state index contributed by atoms with van der Waals surface area (Å²) in [5.41, 5.74) is 4.18. The van der Waals surface area contributed by atoms with Crippen LogP contribution in [0.2, 0.25) is 0 Å². The highest BCUT2D eigenvalue weighted by Gasteiger charge is 2.38. The van der Waals surface area contributed by atoms with Crippen LogP contribution in [0.15, 0.2) is 40.3 Å². The zero-order valence-corrected chi connectivity index (χ0v) is 19.6. The van der Waals surface area contributed by atoms with Gasteiger partial charge in [-0.3, -0.25) is 14.6 Å². The third-order valence-electron chi connectivity index (χ3n) is 7.26. The lowest BCUT2D eigenvalue weighted by Crippen LogP contribution is -2.36. The molecule has 0 spiro atoms. The van der Waals surface area contributed by atoms with Gasteiger partial charge in [-0.15, -0.1) is 0 Å². The Labute approximate surface area is 194 Å². The first kappa shape index (κ1) is 21.7. The summed E-state index contributed by atoms with van der Waals surface area (Å²) in [5, 5.41) is 3.39. The number of piperidine rings is 1. The number of fused-ring (bicyclic) bond motifs is 1. The van der Waals surface area contributed by atoms with Crippen molar-refractivity contribution in [2.45, 2.75) is 58.3 Å². The number of hydrogen-bond donors (Lipinski definition) is 2. The Balaban J connectivity index is 1.61. The van der Waals surface area contributed by atoms with Crippen LogP contribution in [0.5, 0.6) is 0 Å². The van der Waals surface area contributed by atoms with Gasteiger partial charge in [-0.2, -0.15) is 4.98 Å². The van der Waals surface area contributed by atoms with Gasteiger partial charge in [0.05, 0.1) is 5.56 Å². The van der Waals surface area contributed by atoms with Crippen LogP contribution in [0, 0.1) is 0 Å². The van der Waals surface area contributed by atoms with Gasteiger partial charge in [-0.05, 0) is 63.6 Å². The van der Waals surface area contributed by atoms with Crippen LogP contribution in [0.4, 0.5) is 17.5 Å². The number of anilines is 3. The van der Waals surface area contributed by atoms with Crippen molar-refractivity contribution in [3.63, 3.8) is 0 Å². The van der Waals surface area contributed by atoms with E-state index in [2.05, 4.69) is 58.2 Å². The molecule has 174 valence electrons. The van der Waals surface area contributed by atoms with E-state index in [1.807, 2.05) is 0 Å². The summed E-state index contributed by atoms with van der Waals surface area (Å²) < 4.78 is 0. The number of aromatic amines is 1. The number of allylic oxidation sites excluding steroid dienone is 2. The van der Waals surface area contributed by atoms with Crippen LogP contribution in [-0.4, -0.2) is 41.9 Å². The van der Waals surface area contributed by atoms with Crippen LogP contribution in [0.25, 0.3) is 0 Å². The van der Waals surface area contributed by atoms with Crippen molar-refractivity contribution in [3.05, 3.63) is 57.0 Å². The molecule has 3 heterocycles. The number of rotatable bonds is 5. The maximum Gasteiger partial charge on any atom is 0.258 e. The first-order chi connectivity index (χ1) is 16.1. The van der Waals surface area contributed by atoms with E-state index in [0.717, 1.165) is 74.4 Å². The van der Waals surface area contributed by atoms with E-state index >= 15 is 0 Å². The maximum absolute atomic E-state index is 13.5. The van der Waals surface area contributed by atoms with Crippen LogP contribution >= 0.6 is 0 Å². The van der Waals surface area contributed by atoms with Crippen molar-refractivity contribution in [2.24, 2.45) is 0 Å². The molecule has 1 aliphatic carbocycles. The van der Waals surface area contributed by atoms with Crippen LogP contribution in [-0.2, 0) is 4.79 Å². The third kappa shape index (κ3) is 3.94. The van der Waals surface area contributed by atoms with E-state index < -0.39 is 0 Å². The highest BCUT2D eigenvalue weighted by Crippen LogP contribution is 2.43. The summed E-state index contributed by atoms with van der Waals surface area (Å²) in [6.45, 7) is 7.97. The molecule has 0 amide bonds. The normalized spacial score (nSPS) is 20.2. The SMILES string of the molecule is CCN(CC)c1ccc([C@H]2C3=C(CCCC3=O)Nc3nc(N4CCCCC4)[nH]c(=O)c32)cc1. The van der Waals surface area contributed by atoms with Gasteiger partial charge in [-0.1, -0.05) is 12.1 Å². The Morgan fingerprint density at radius 3 is 2.42 bits per heavy atom. The Morgan fingerprint density at radius 1 is 1.00 bits per heavy atom. The molecule has 2 N–H and O–H groups in total. The molecule has 0 bridgehead atoms. The molecule has 0 unspecified atom stereocenters. The van der Waals surface area contributed by atoms with E-state index in [0.29, 0.717) is 23.8 Å². The molecular weight excluding hydrogens is 414 g/mol. The molecule has 3 aliphatic rings. The van der Waals surface area contributed by atoms with Crippen molar-refractivity contribution in [1.82, 2.24) is 9.97 Å². The van der Waals surface area contributed by atoms with Crippen LogP contribution in [0.3, 0.4) is 0 Å². The van der Waals surface area contributed by atoms with Gasteiger partial charge in [0.1, 0.15) is 5.82 Å². The highest BCUT2D eigenvalue weighted by atomic mass is 16.1. The van der Waals surface area contributed by atoms with Gasteiger partial charge in [0.2, 0.25) is 5.95 Å². The van der Waals surface area contributed by atoms with Gasteiger partial charge >= 0.3 is 0 Å². The number of H-pyrrole nitrogens is 1. The molecule has 2 aromatic rings. The minimum Gasteiger partial charge on any atom is -0.372 e. The molecule has 1 atom stereocenters. The number of nitrogens with one attached hydrogen (secondary N) is 2. The van der Waals surface area contributed by atoms with Crippen molar-refractivity contribution >= 4 is 23.2 Å². The molecule has 7 heteroatoms.